The molecule has 0 aliphatic heterocycles. The number of rotatable bonds is 10. The van der Waals surface area contributed by atoms with Crippen LogP contribution >= 0.6 is 15.9 Å². The molecular weight excluding hydrogens is 368 g/mol. The molecule has 0 bridgehead atoms. The van der Waals surface area contributed by atoms with Gasteiger partial charge in [-0.2, -0.15) is 0 Å². The molecule has 24 heavy (non-hydrogen) atoms. The maximum absolute atomic E-state index is 5.96. The van der Waals surface area contributed by atoms with Crippen LogP contribution in [0.3, 0.4) is 0 Å². The highest BCUT2D eigenvalue weighted by molar-refractivity contribution is 9.09. The Morgan fingerprint density at radius 2 is 1.88 bits per heavy atom. The summed E-state index contributed by atoms with van der Waals surface area (Å²) in [6, 6.07) is 10.1. The van der Waals surface area contributed by atoms with Crippen molar-refractivity contribution in [2.75, 3.05) is 20.3 Å². The zero-order valence-corrected chi connectivity index (χ0v) is 16.4. The number of fused-ring (bicyclic) bond motifs is 1. The number of unbranched alkanes of at least 4 members (excludes halogenated alkanes) is 1. The number of methoxy groups -OCH3 is 1. The van der Waals surface area contributed by atoms with Crippen molar-refractivity contribution in [3.8, 4) is 17.2 Å². The van der Waals surface area contributed by atoms with Gasteiger partial charge >= 0.3 is 0 Å². The van der Waals surface area contributed by atoms with E-state index >= 15 is 0 Å². The number of hydrogen-bond acceptors (Lipinski definition) is 3. The normalized spacial score (nSPS) is 12.2. The third-order valence-corrected chi connectivity index (χ3v) is 5.14. The van der Waals surface area contributed by atoms with Crippen molar-refractivity contribution in [3.63, 3.8) is 0 Å². The van der Waals surface area contributed by atoms with Gasteiger partial charge in [-0.25, -0.2) is 0 Å². The summed E-state index contributed by atoms with van der Waals surface area (Å²) in [5, 5.41) is 2.14. The smallest absolute Gasteiger partial charge is 0.168 e. The maximum Gasteiger partial charge on any atom is 0.168 e. The van der Waals surface area contributed by atoms with Crippen LogP contribution in [0, 0.1) is 0 Å². The molecule has 0 aliphatic rings. The molecule has 1 unspecified atom stereocenters. The quantitative estimate of drug-likeness (QED) is 0.366. The fourth-order valence-corrected chi connectivity index (χ4v) is 3.02. The molecule has 0 saturated carbocycles. The molecule has 0 amide bonds. The van der Waals surface area contributed by atoms with E-state index < -0.39 is 0 Å². The van der Waals surface area contributed by atoms with E-state index in [0.717, 1.165) is 40.9 Å². The summed E-state index contributed by atoms with van der Waals surface area (Å²) in [7, 11) is 1.69. The van der Waals surface area contributed by atoms with Gasteiger partial charge in [-0.05, 0) is 62.3 Å². The number of hydrogen-bond donors (Lipinski definition) is 0. The fraction of sp³-hybridized carbons (Fsp3) is 0.500. The highest BCUT2D eigenvalue weighted by Crippen LogP contribution is 2.37. The second-order valence-electron chi connectivity index (χ2n) is 5.76. The van der Waals surface area contributed by atoms with Crippen molar-refractivity contribution in [1.29, 1.82) is 0 Å². The van der Waals surface area contributed by atoms with E-state index in [1.165, 1.54) is 12.8 Å². The van der Waals surface area contributed by atoms with E-state index in [1.807, 2.05) is 31.2 Å². The highest BCUT2D eigenvalue weighted by Gasteiger charge is 2.10. The number of halogens is 1. The first-order chi connectivity index (χ1) is 11.7. The number of benzene rings is 2. The number of ether oxygens (including phenoxy) is 3. The summed E-state index contributed by atoms with van der Waals surface area (Å²) < 4.78 is 17.1. The maximum atomic E-state index is 5.96. The monoisotopic (exact) mass is 394 g/mol. The minimum Gasteiger partial charge on any atom is -0.494 e. The first-order valence-corrected chi connectivity index (χ1v) is 9.61. The Bertz CT molecular complexity index is 642. The lowest BCUT2D eigenvalue weighted by Gasteiger charge is -2.14. The van der Waals surface area contributed by atoms with E-state index in [2.05, 4.69) is 28.9 Å². The molecule has 2 aromatic carbocycles. The first-order valence-electron chi connectivity index (χ1n) is 8.70. The standard InChI is InChI=1S/C20H27BrO3/c1-4-16(21)8-6-7-13-24-19-12-9-15-14-17(23-5-2)10-11-18(15)20(19)22-3/h9-12,14,16H,4-8,13H2,1-3H3. The van der Waals surface area contributed by atoms with Gasteiger partial charge in [-0.1, -0.05) is 28.9 Å². The highest BCUT2D eigenvalue weighted by atomic mass is 79.9. The van der Waals surface area contributed by atoms with Crippen molar-refractivity contribution < 1.29 is 14.2 Å². The molecule has 0 aliphatic carbocycles. The van der Waals surface area contributed by atoms with E-state index in [0.29, 0.717) is 18.0 Å². The molecule has 1 atom stereocenters. The van der Waals surface area contributed by atoms with E-state index in [-0.39, 0.29) is 0 Å². The fourth-order valence-electron chi connectivity index (χ4n) is 2.69. The summed E-state index contributed by atoms with van der Waals surface area (Å²) in [5.74, 6) is 2.48. The summed E-state index contributed by atoms with van der Waals surface area (Å²) >= 11 is 3.67. The third-order valence-electron chi connectivity index (χ3n) is 4.03. The van der Waals surface area contributed by atoms with E-state index in [9.17, 15) is 0 Å². The van der Waals surface area contributed by atoms with E-state index in [1.54, 1.807) is 7.11 Å². The number of alkyl halides is 1. The largest absolute Gasteiger partial charge is 0.494 e. The van der Waals surface area contributed by atoms with E-state index in [4.69, 9.17) is 14.2 Å². The van der Waals surface area contributed by atoms with Gasteiger partial charge in [0.05, 0.1) is 20.3 Å². The molecule has 0 saturated heterocycles. The molecule has 0 N–H and O–H groups in total. The van der Waals surface area contributed by atoms with Gasteiger partial charge < -0.3 is 14.2 Å². The van der Waals surface area contributed by atoms with Crippen molar-refractivity contribution >= 4 is 26.7 Å². The Hall–Kier alpha value is -1.42. The molecule has 0 fully saturated rings. The second kappa shape index (κ2) is 9.77. The molecule has 2 rings (SSSR count). The van der Waals surface area contributed by atoms with Gasteiger partial charge in [-0.3, -0.25) is 0 Å². The zero-order valence-electron chi connectivity index (χ0n) is 14.8. The van der Waals surface area contributed by atoms with Crippen molar-refractivity contribution in [1.82, 2.24) is 0 Å². The van der Waals surface area contributed by atoms with Crippen LogP contribution < -0.4 is 14.2 Å². The van der Waals surface area contributed by atoms with Crippen LogP contribution in [0.5, 0.6) is 17.2 Å². The summed E-state index contributed by atoms with van der Waals surface area (Å²) in [6.07, 6.45) is 4.57. The van der Waals surface area contributed by atoms with Crippen LogP contribution in [0.2, 0.25) is 0 Å². The van der Waals surface area contributed by atoms with Gasteiger partial charge in [0.2, 0.25) is 0 Å². The topological polar surface area (TPSA) is 27.7 Å². The van der Waals surface area contributed by atoms with Crippen LogP contribution in [-0.2, 0) is 0 Å². The summed E-state index contributed by atoms with van der Waals surface area (Å²) in [5.41, 5.74) is 0. The van der Waals surface area contributed by atoms with Crippen LogP contribution in [-0.4, -0.2) is 25.2 Å². The molecule has 0 spiro atoms. The van der Waals surface area contributed by atoms with Gasteiger partial charge in [0, 0.05) is 10.2 Å². The average molecular weight is 395 g/mol. The molecule has 132 valence electrons. The van der Waals surface area contributed by atoms with Gasteiger partial charge in [-0.15, -0.1) is 0 Å². The van der Waals surface area contributed by atoms with Crippen LogP contribution in [0.15, 0.2) is 30.3 Å². The third kappa shape index (κ3) is 5.04. The Morgan fingerprint density at radius 1 is 1.04 bits per heavy atom. The molecule has 0 aromatic heterocycles. The van der Waals surface area contributed by atoms with Gasteiger partial charge in [0.1, 0.15) is 5.75 Å². The van der Waals surface area contributed by atoms with Crippen LogP contribution in [0.4, 0.5) is 0 Å². The Labute approximate surface area is 153 Å². The summed E-state index contributed by atoms with van der Waals surface area (Å²) in [6.45, 7) is 5.56. The Morgan fingerprint density at radius 3 is 2.58 bits per heavy atom. The first kappa shape index (κ1) is 18.9. The molecule has 0 heterocycles. The van der Waals surface area contributed by atoms with Crippen molar-refractivity contribution in [2.45, 2.75) is 44.4 Å². The molecular formula is C20H27BrO3. The lowest BCUT2D eigenvalue weighted by atomic mass is 10.1. The second-order valence-corrected chi connectivity index (χ2v) is 7.06. The minimum atomic E-state index is 0.618. The minimum absolute atomic E-state index is 0.618. The lowest BCUT2D eigenvalue weighted by molar-refractivity contribution is 0.286. The molecule has 3 nitrogen and oxygen atoms in total. The zero-order chi connectivity index (χ0) is 17.4. The molecule has 2 aromatic rings. The van der Waals surface area contributed by atoms with Crippen molar-refractivity contribution in [3.05, 3.63) is 30.3 Å². The molecule has 4 heteroatoms. The molecule has 0 radical (unpaired) electrons. The van der Waals surface area contributed by atoms with Gasteiger partial charge in [0.25, 0.3) is 0 Å². The Kier molecular flexibility index (Phi) is 7.70. The average Bonchev–Trinajstić information content (AvgIpc) is 2.61. The van der Waals surface area contributed by atoms with Gasteiger partial charge in [0.15, 0.2) is 11.5 Å². The van der Waals surface area contributed by atoms with Crippen molar-refractivity contribution in [2.24, 2.45) is 0 Å². The van der Waals surface area contributed by atoms with Crippen LogP contribution in [0.1, 0.15) is 39.5 Å². The lowest BCUT2D eigenvalue weighted by Crippen LogP contribution is -2.02. The Balaban J connectivity index is 2.03. The predicted octanol–water partition coefficient (Wildman–Crippen LogP) is 5.97. The van der Waals surface area contributed by atoms with Crippen LogP contribution in [0.25, 0.3) is 10.8 Å². The predicted molar refractivity (Wildman–Crippen MR) is 104 cm³/mol. The SMILES string of the molecule is CCOc1ccc2c(OC)c(OCCCCC(Br)CC)ccc2c1. The summed E-state index contributed by atoms with van der Waals surface area (Å²) in [4.78, 5) is 0.618.